The lowest BCUT2D eigenvalue weighted by molar-refractivity contribution is -0.140. The summed E-state index contributed by atoms with van der Waals surface area (Å²) in [5, 5.41) is 7.46. The SMILES string of the molecule is CN=C(NCCc1nc(C(F)(F)F)cs1)NCc1ccc(S(=O)(=O)N(C)C)cc1. The summed E-state index contributed by atoms with van der Waals surface area (Å²) in [4.78, 5) is 7.84. The number of rotatable bonds is 7. The Morgan fingerprint density at radius 2 is 1.86 bits per heavy atom. The zero-order valence-corrected chi connectivity index (χ0v) is 17.7. The van der Waals surface area contributed by atoms with Gasteiger partial charge in [0.25, 0.3) is 0 Å². The molecule has 0 bridgehead atoms. The van der Waals surface area contributed by atoms with Crippen molar-refractivity contribution in [1.82, 2.24) is 19.9 Å². The number of halogens is 3. The Labute approximate surface area is 171 Å². The van der Waals surface area contributed by atoms with Crippen LogP contribution in [0.15, 0.2) is 39.5 Å². The third-order valence-corrected chi connectivity index (χ3v) is 6.60. The van der Waals surface area contributed by atoms with Gasteiger partial charge in [0, 0.05) is 46.0 Å². The van der Waals surface area contributed by atoms with Gasteiger partial charge >= 0.3 is 6.18 Å². The molecule has 0 aliphatic rings. The number of hydrogen-bond donors (Lipinski definition) is 2. The maximum Gasteiger partial charge on any atom is 0.434 e. The van der Waals surface area contributed by atoms with Gasteiger partial charge in [-0.15, -0.1) is 11.3 Å². The van der Waals surface area contributed by atoms with E-state index in [1.807, 2.05) is 0 Å². The Bertz CT molecular complexity index is 939. The van der Waals surface area contributed by atoms with Gasteiger partial charge in [-0.05, 0) is 17.7 Å². The largest absolute Gasteiger partial charge is 0.434 e. The number of guanidine groups is 1. The monoisotopic (exact) mass is 449 g/mol. The molecule has 0 amide bonds. The summed E-state index contributed by atoms with van der Waals surface area (Å²) in [6.07, 6.45) is -4.10. The molecule has 12 heteroatoms. The van der Waals surface area contributed by atoms with Crippen molar-refractivity contribution in [2.45, 2.75) is 24.0 Å². The van der Waals surface area contributed by atoms with E-state index < -0.39 is 21.9 Å². The summed E-state index contributed by atoms with van der Waals surface area (Å²) in [6.45, 7) is 0.766. The van der Waals surface area contributed by atoms with Crippen molar-refractivity contribution >= 4 is 27.3 Å². The molecular formula is C17H22F3N5O2S2. The number of aliphatic imine (C=N–C) groups is 1. The first-order valence-corrected chi connectivity index (χ1v) is 10.8. The van der Waals surface area contributed by atoms with Gasteiger partial charge in [-0.1, -0.05) is 12.1 Å². The first kappa shape index (κ1) is 23.1. The predicted octanol–water partition coefficient (Wildman–Crippen LogP) is 2.32. The molecule has 7 nitrogen and oxygen atoms in total. The van der Waals surface area contributed by atoms with E-state index in [4.69, 9.17) is 0 Å². The first-order chi connectivity index (χ1) is 13.5. The smallest absolute Gasteiger partial charge is 0.356 e. The fraction of sp³-hybridized carbons (Fsp3) is 0.412. The maximum absolute atomic E-state index is 12.6. The summed E-state index contributed by atoms with van der Waals surface area (Å²) >= 11 is 0.967. The second-order valence-corrected chi connectivity index (χ2v) is 9.25. The summed E-state index contributed by atoms with van der Waals surface area (Å²) in [7, 11) is 1.04. The second kappa shape index (κ2) is 9.55. The Balaban J connectivity index is 1.84. The number of hydrogen-bond acceptors (Lipinski definition) is 5. The van der Waals surface area contributed by atoms with Gasteiger partial charge in [0.05, 0.1) is 9.90 Å². The van der Waals surface area contributed by atoms with Crippen molar-refractivity contribution in [3.05, 3.63) is 45.9 Å². The fourth-order valence-corrected chi connectivity index (χ4v) is 3.95. The Morgan fingerprint density at radius 3 is 2.38 bits per heavy atom. The van der Waals surface area contributed by atoms with Gasteiger partial charge in [0.15, 0.2) is 11.7 Å². The average molecular weight is 450 g/mol. The van der Waals surface area contributed by atoms with Gasteiger partial charge in [0.2, 0.25) is 10.0 Å². The molecule has 0 saturated heterocycles. The van der Waals surface area contributed by atoms with E-state index in [1.165, 1.54) is 26.2 Å². The van der Waals surface area contributed by atoms with Crippen molar-refractivity contribution in [3.8, 4) is 0 Å². The van der Waals surface area contributed by atoms with E-state index >= 15 is 0 Å². The van der Waals surface area contributed by atoms with Gasteiger partial charge in [-0.3, -0.25) is 4.99 Å². The molecule has 1 aromatic carbocycles. The van der Waals surface area contributed by atoms with E-state index in [9.17, 15) is 21.6 Å². The van der Waals surface area contributed by atoms with Crippen molar-refractivity contribution in [1.29, 1.82) is 0 Å². The Hall–Kier alpha value is -2.18. The molecule has 2 N–H and O–H groups in total. The molecule has 2 rings (SSSR count). The summed E-state index contributed by atoms with van der Waals surface area (Å²) < 4.78 is 63.0. The van der Waals surface area contributed by atoms with Gasteiger partial charge < -0.3 is 10.6 Å². The lowest BCUT2D eigenvalue weighted by atomic mass is 10.2. The van der Waals surface area contributed by atoms with Crippen molar-refractivity contribution in [2.75, 3.05) is 27.7 Å². The van der Waals surface area contributed by atoms with Crippen LogP contribution in [-0.4, -0.2) is 51.4 Å². The topological polar surface area (TPSA) is 86.7 Å². The normalized spacial score (nSPS) is 13.0. The minimum absolute atomic E-state index is 0.204. The maximum atomic E-state index is 12.6. The molecule has 0 radical (unpaired) electrons. The van der Waals surface area contributed by atoms with E-state index in [0.29, 0.717) is 30.5 Å². The number of nitrogens with one attached hydrogen (secondary N) is 2. The highest BCUT2D eigenvalue weighted by atomic mass is 32.2. The summed E-state index contributed by atoms with van der Waals surface area (Å²) in [6, 6.07) is 6.46. The standard InChI is InChI=1S/C17H22F3N5O2S2/c1-21-16(22-9-8-15-24-14(11-28-15)17(18,19)20)23-10-12-4-6-13(7-5-12)29(26,27)25(2)3/h4-7,11H,8-10H2,1-3H3,(H2,21,22,23). The van der Waals surface area contributed by atoms with Gasteiger partial charge in [0.1, 0.15) is 0 Å². The van der Waals surface area contributed by atoms with Gasteiger partial charge in [-0.25, -0.2) is 17.7 Å². The third-order valence-electron chi connectivity index (χ3n) is 3.86. The van der Waals surface area contributed by atoms with Crippen LogP contribution in [0, 0.1) is 0 Å². The van der Waals surface area contributed by atoms with Crippen LogP contribution >= 0.6 is 11.3 Å². The van der Waals surface area contributed by atoms with E-state index in [2.05, 4.69) is 20.6 Å². The van der Waals surface area contributed by atoms with Crippen molar-refractivity contribution in [2.24, 2.45) is 4.99 Å². The lowest BCUT2D eigenvalue weighted by Gasteiger charge is -2.13. The molecule has 1 aromatic heterocycles. The zero-order chi connectivity index (χ0) is 21.7. The molecule has 0 atom stereocenters. The molecule has 0 fully saturated rings. The van der Waals surface area contributed by atoms with Crippen LogP contribution in [0.25, 0.3) is 0 Å². The molecule has 0 saturated carbocycles. The molecule has 0 spiro atoms. The number of nitrogens with zero attached hydrogens (tertiary/aromatic N) is 3. The van der Waals surface area contributed by atoms with Crippen LogP contribution < -0.4 is 10.6 Å². The Kier molecular flexibility index (Phi) is 7.60. The summed E-state index contributed by atoms with van der Waals surface area (Å²) in [5.74, 6) is 0.475. The highest BCUT2D eigenvalue weighted by Crippen LogP contribution is 2.30. The molecule has 0 unspecified atom stereocenters. The lowest BCUT2D eigenvalue weighted by Crippen LogP contribution is -2.37. The molecule has 2 aromatic rings. The molecular weight excluding hydrogens is 427 g/mol. The van der Waals surface area contributed by atoms with Crippen LogP contribution in [0.5, 0.6) is 0 Å². The molecule has 1 heterocycles. The quantitative estimate of drug-likeness (QED) is 0.501. The molecule has 160 valence electrons. The zero-order valence-electron chi connectivity index (χ0n) is 16.1. The second-order valence-electron chi connectivity index (χ2n) is 6.16. The van der Waals surface area contributed by atoms with Gasteiger partial charge in [-0.2, -0.15) is 13.2 Å². The van der Waals surface area contributed by atoms with Crippen LogP contribution in [0.4, 0.5) is 13.2 Å². The number of thiazole rings is 1. The minimum Gasteiger partial charge on any atom is -0.356 e. The molecule has 29 heavy (non-hydrogen) atoms. The third kappa shape index (κ3) is 6.41. The van der Waals surface area contributed by atoms with Crippen molar-refractivity contribution in [3.63, 3.8) is 0 Å². The highest BCUT2D eigenvalue weighted by molar-refractivity contribution is 7.89. The number of aromatic nitrogens is 1. The summed E-state index contributed by atoms with van der Waals surface area (Å²) in [5.41, 5.74) is -0.0277. The average Bonchev–Trinajstić information content (AvgIpc) is 3.14. The number of sulfonamides is 1. The van der Waals surface area contributed by atoms with Crippen LogP contribution in [0.3, 0.4) is 0 Å². The Morgan fingerprint density at radius 1 is 1.21 bits per heavy atom. The predicted molar refractivity (Wildman–Crippen MR) is 106 cm³/mol. The van der Waals surface area contributed by atoms with Crippen molar-refractivity contribution < 1.29 is 21.6 Å². The number of benzene rings is 1. The number of alkyl halides is 3. The van der Waals surface area contributed by atoms with Crippen LogP contribution in [0.1, 0.15) is 16.3 Å². The molecule has 0 aliphatic carbocycles. The van der Waals surface area contributed by atoms with Crippen LogP contribution in [0.2, 0.25) is 0 Å². The van der Waals surface area contributed by atoms with Crippen LogP contribution in [-0.2, 0) is 29.2 Å². The van der Waals surface area contributed by atoms with E-state index in [0.717, 1.165) is 26.6 Å². The fourth-order valence-electron chi connectivity index (χ4n) is 2.24. The van der Waals surface area contributed by atoms with E-state index in [-0.39, 0.29) is 4.90 Å². The minimum atomic E-state index is -4.43. The first-order valence-electron chi connectivity index (χ1n) is 8.51. The van der Waals surface area contributed by atoms with E-state index in [1.54, 1.807) is 19.2 Å². The molecule has 0 aliphatic heterocycles. The highest BCUT2D eigenvalue weighted by Gasteiger charge is 2.33.